The van der Waals surface area contributed by atoms with Crippen LogP contribution in [0.3, 0.4) is 0 Å². The van der Waals surface area contributed by atoms with Crippen LogP contribution in [0.5, 0.6) is 0 Å². The fourth-order valence-corrected chi connectivity index (χ4v) is 2.93. The summed E-state index contributed by atoms with van der Waals surface area (Å²) in [5.41, 5.74) is 2.79. The molecule has 0 saturated carbocycles. The van der Waals surface area contributed by atoms with Gasteiger partial charge in [0.25, 0.3) is 5.91 Å². The third-order valence-corrected chi connectivity index (χ3v) is 4.28. The molecule has 1 saturated heterocycles. The smallest absolute Gasteiger partial charge is 0.255 e. The van der Waals surface area contributed by atoms with Crippen LogP contribution < -0.4 is 0 Å². The first kappa shape index (κ1) is 15.7. The lowest BCUT2D eigenvalue weighted by molar-refractivity contribution is 0.0752. The normalized spacial score (nSPS) is 18.5. The number of amides is 1. The molecule has 2 heterocycles. The second-order valence-electron chi connectivity index (χ2n) is 6.08. The number of pyridine rings is 1. The van der Waals surface area contributed by atoms with Gasteiger partial charge in [0.15, 0.2) is 0 Å². The molecule has 0 spiro atoms. The van der Waals surface area contributed by atoms with Gasteiger partial charge in [-0.25, -0.2) is 0 Å². The summed E-state index contributed by atoms with van der Waals surface area (Å²) in [5.74, 6) is 0.0119. The minimum absolute atomic E-state index is 0.0119. The van der Waals surface area contributed by atoms with E-state index in [1.165, 1.54) is 5.56 Å². The third-order valence-electron chi connectivity index (χ3n) is 4.28. The van der Waals surface area contributed by atoms with Gasteiger partial charge in [0.1, 0.15) is 0 Å². The van der Waals surface area contributed by atoms with Crippen molar-refractivity contribution in [3.8, 4) is 0 Å². The Morgan fingerprint density at radius 2 is 1.96 bits per heavy atom. The van der Waals surface area contributed by atoms with Gasteiger partial charge in [-0.1, -0.05) is 30.3 Å². The topological polar surface area (TPSA) is 53.4 Å². The van der Waals surface area contributed by atoms with Gasteiger partial charge in [0, 0.05) is 31.4 Å². The van der Waals surface area contributed by atoms with Crippen molar-refractivity contribution < 1.29 is 9.90 Å². The summed E-state index contributed by atoms with van der Waals surface area (Å²) in [5, 5.41) is 9.69. The highest BCUT2D eigenvalue weighted by Gasteiger charge is 2.20. The van der Waals surface area contributed by atoms with E-state index in [2.05, 4.69) is 17.1 Å². The maximum Gasteiger partial charge on any atom is 0.255 e. The Hall–Kier alpha value is -2.20. The molecule has 1 amide bonds. The number of likely N-dealkylation sites (tertiary alicyclic amines) is 1. The first-order chi connectivity index (χ1) is 11.2. The first-order valence-electron chi connectivity index (χ1n) is 8.18. The highest BCUT2D eigenvalue weighted by Crippen LogP contribution is 2.14. The van der Waals surface area contributed by atoms with Crippen LogP contribution in [0.2, 0.25) is 0 Å². The van der Waals surface area contributed by atoms with Gasteiger partial charge in [-0.3, -0.25) is 9.78 Å². The number of rotatable bonds is 3. The fraction of sp³-hybridized carbons (Fsp3) is 0.368. The van der Waals surface area contributed by atoms with Gasteiger partial charge in [-0.05, 0) is 37.0 Å². The Balaban J connectivity index is 1.65. The van der Waals surface area contributed by atoms with Gasteiger partial charge in [-0.2, -0.15) is 0 Å². The molecule has 120 valence electrons. The molecular formula is C19H22N2O2. The molecule has 1 atom stereocenters. The van der Waals surface area contributed by atoms with Crippen LogP contribution in [-0.2, 0) is 6.42 Å². The average molecular weight is 310 g/mol. The van der Waals surface area contributed by atoms with Crippen molar-refractivity contribution in [1.82, 2.24) is 9.88 Å². The number of carbonyl (C=O) groups is 1. The molecule has 1 aliphatic rings. The molecular weight excluding hydrogens is 288 g/mol. The number of carbonyl (C=O) groups excluding carboxylic acids is 1. The fourth-order valence-electron chi connectivity index (χ4n) is 2.93. The van der Waals surface area contributed by atoms with Crippen LogP contribution in [-0.4, -0.2) is 40.1 Å². The molecule has 1 aliphatic heterocycles. The summed E-state index contributed by atoms with van der Waals surface area (Å²) < 4.78 is 0. The number of aliphatic hydroxyl groups excluding tert-OH is 1. The van der Waals surface area contributed by atoms with Crippen LogP contribution in [0.4, 0.5) is 0 Å². The quantitative estimate of drug-likeness (QED) is 0.948. The van der Waals surface area contributed by atoms with E-state index < -0.39 is 0 Å². The van der Waals surface area contributed by atoms with Crippen LogP contribution in [0.15, 0.2) is 48.7 Å². The van der Waals surface area contributed by atoms with E-state index in [1.54, 1.807) is 6.20 Å². The molecule has 0 aliphatic carbocycles. The minimum Gasteiger partial charge on any atom is -0.393 e. The Labute approximate surface area is 136 Å². The molecule has 1 aromatic carbocycles. The molecule has 0 bridgehead atoms. The Bertz CT molecular complexity index is 640. The van der Waals surface area contributed by atoms with Crippen LogP contribution >= 0.6 is 0 Å². The summed E-state index contributed by atoms with van der Waals surface area (Å²) in [4.78, 5) is 18.8. The lowest BCUT2D eigenvalue weighted by Gasteiger charge is -2.20. The average Bonchev–Trinajstić information content (AvgIpc) is 2.80. The molecule has 1 fully saturated rings. The minimum atomic E-state index is -0.279. The van der Waals surface area contributed by atoms with Crippen molar-refractivity contribution in [2.24, 2.45) is 0 Å². The predicted molar refractivity (Wildman–Crippen MR) is 89.2 cm³/mol. The molecule has 1 N–H and O–H groups in total. The largest absolute Gasteiger partial charge is 0.393 e. The SMILES string of the molecule is O=C(c1ccc(Cc2ccccc2)nc1)N1CCC[C@H](O)CC1. The van der Waals surface area contributed by atoms with Crippen molar-refractivity contribution in [2.75, 3.05) is 13.1 Å². The number of aromatic nitrogens is 1. The van der Waals surface area contributed by atoms with Crippen molar-refractivity contribution in [2.45, 2.75) is 31.8 Å². The lowest BCUT2D eigenvalue weighted by Crippen LogP contribution is -2.32. The van der Waals surface area contributed by atoms with E-state index in [0.717, 1.165) is 25.0 Å². The maximum atomic E-state index is 12.5. The number of hydrogen-bond acceptors (Lipinski definition) is 3. The van der Waals surface area contributed by atoms with Crippen molar-refractivity contribution in [3.05, 3.63) is 65.5 Å². The zero-order valence-electron chi connectivity index (χ0n) is 13.2. The summed E-state index contributed by atoms with van der Waals surface area (Å²) >= 11 is 0. The summed E-state index contributed by atoms with van der Waals surface area (Å²) in [6.45, 7) is 1.33. The van der Waals surface area contributed by atoms with Crippen LogP contribution in [0.25, 0.3) is 0 Å². The van der Waals surface area contributed by atoms with Crippen LogP contribution in [0, 0.1) is 0 Å². The standard InChI is InChI=1S/C19H22N2O2/c22-18-7-4-11-21(12-10-18)19(23)16-8-9-17(20-14-16)13-15-5-2-1-3-6-15/h1-3,5-6,8-9,14,18,22H,4,7,10-13H2/t18-/m0/s1. The Morgan fingerprint density at radius 3 is 2.70 bits per heavy atom. The molecule has 0 radical (unpaired) electrons. The highest BCUT2D eigenvalue weighted by atomic mass is 16.3. The Morgan fingerprint density at radius 1 is 1.13 bits per heavy atom. The van der Waals surface area contributed by atoms with Gasteiger partial charge in [0.2, 0.25) is 0 Å². The van der Waals surface area contributed by atoms with E-state index in [0.29, 0.717) is 25.1 Å². The van der Waals surface area contributed by atoms with Crippen molar-refractivity contribution in [1.29, 1.82) is 0 Å². The van der Waals surface area contributed by atoms with Gasteiger partial charge in [0.05, 0.1) is 11.7 Å². The zero-order chi connectivity index (χ0) is 16.1. The molecule has 23 heavy (non-hydrogen) atoms. The second-order valence-corrected chi connectivity index (χ2v) is 6.08. The van der Waals surface area contributed by atoms with Crippen molar-refractivity contribution >= 4 is 5.91 Å². The monoisotopic (exact) mass is 310 g/mol. The molecule has 2 aromatic rings. The number of hydrogen-bond donors (Lipinski definition) is 1. The highest BCUT2D eigenvalue weighted by molar-refractivity contribution is 5.93. The van der Waals surface area contributed by atoms with E-state index in [4.69, 9.17) is 0 Å². The lowest BCUT2D eigenvalue weighted by atomic mass is 10.1. The van der Waals surface area contributed by atoms with Gasteiger partial charge in [-0.15, -0.1) is 0 Å². The van der Waals surface area contributed by atoms with E-state index in [-0.39, 0.29) is 12.0 Å². The second kappa shape index (κ2) is 7.38. The van der Waals surface area contributed by atoms with Crippen molar-refractivity contribution in [3.63, 3.8) is 0 Å². The zero-order valence-corrected chi connectivity index (χ0v) is 13.2. The molecule has 3 rings (SSSR count). The van der Waals surface area contributed by atoms with E-state index in [9.17, 15) is 9.90 Å². The third kappa shape index (κ3) is 4.17. The summed E-state index contributed by atoms with van der Waals surface area (Å²) in [6.07, 6.45) is 4.45. The van der Waals surface area contributed by atoms with E-state index >= 15 is 0 Å². The first-order valence-corrected chi connectivity index (χ1v) is 8.18. The molecule has 0 unspecified atom stereocenters. The number of benzene rings is 1. The molecule has 4 heteroatoms. The molecule has 1 aromatic heterocycles. The van der Waals surface area contributed by atoms with E-state index in [1.807, 2.05) is 35.2 Å². The van der Waals surface area contributed by atoms with Gasteiger partial charge < -0.3 is 10.0 Å². The predicted octanol–water partition coefficient (Wildman–Crippen LogP) is 2.66. The Kier molecular flexibility index (Phi) is 5.03. The summed E-state index contributed by atoms with van der Waals surface area (Å²) in [6, 6.07) is 14.0. The molecule has 4 nitrogen and oxygen atoms in total. The maximum absolute atomic E-state index is 12.5. The van der Waals surface area contributed by atoms with Gasteiger partial charge >= 0.3 is 0 Å². The number of aliphatic hydroxyl groups is 1. The number of nitrogens with zero attached hydrogens (tertiary/aromatic N) is 2. The summed E-state index contributed by atoms with van der Waals surface area (Å²) in [7, 11) is 0. The van der Waals surface area contributed by atoms with Crippen LogP contribution in [0.1, 0.15) is 40.9 Å².